The molecule has 31 heavy (non-hydrogen) atoms. The number of aromatic nitrogens is 4. The number of hydrogen-bond acceptors (Lipinski definition) is 7. The fourth-order valence-corrected chi connectivity index (χ4v) is 5.74. The van der Waals surface area contributed by atoms with Crippen LogP contribution in [0.1, 0.15) is 31.2 Å². The lowest BCUT2D eigenvalue weighted by Crippen LogP contribution is -2.39. The van der Waals surface area contributed by atoms with Crippen LogP contribution in [0.2, 0.25) is 0 Å². The number of nitrogens with one attached hydrogen (secondary N) is 2. The molecule has 0 amide bonds. The van der Waals surface area contributed by atoms with Crippen molar-refractivity contribution in [1.82, 2.24) is 25.9 Å². The number of nitrogens with zero attached hydrogens (tertiary/aromatic N) is 4. The molecule has 4 N–H and O–H groups in total. The van der Waals surface area contributed by atoms with Crippen LogP contribution in [0.3, 0.4) is 0 Å². The Labute approximate surface area is 177 Å². The van der Waals surface area contributed by atoms with Crippen LogP contribution in [0.5, 0.6) is 0 Å². The molecule has 1 aromatic carbocycles. The van der Waals surface area contributed by atoms with Crippen LogP contribution in [0.4, 0.5) is 18.9 Å². The Balaban J connectivity index is 1.73. The van der Waals surface area contributed by atoms with Gasteiger partial charge in [0.25, 0.3) is 0 Å². The number of H-pyrrole nitrogens is 1. The molecule has 2 aromatic rings. The molecule has 2 fully saturated rings. The van der Waals surface area contributed by atoms with Crippen molar-refractivity contribution in [2.24, 2.45) is 17.0 Å². The van der Waals surface area contributed by atoms with E-state index in [1.54, 1.807) is 0 Å². The number of anilines is 1. The van der Waals surface area contributed by atoms with Gasteiger partial charge in [-0.2, -0.15) is 18.4 Å². The normalized spacial score (nSPS) is 19.7. The summed E-state index contributed by atoms with van der Waals surface area (Å²) in [5.74, 6) is 0.928. The lowest BCUT2D eigenvalue weighted by Gasteiger charge is -2.39. The first-order chi connectivity index (χ1) is 14.7. The minimum absolute atomic E-state index is 0.245. The molecule has 4 rings (SSSR count). The predicted octanol–water partition coefficient (Wildman–Crippen LogP) is 1.75. The number of hydrogen-bond donors (Lipinski definition) is 3. The van der Waals surface area contributed by atoms with Gasteiger partial charge in [0.2, 0.25) is 15.8 Å². The maximum absolute atomic E-state index is 13.6. The maximum atomic E-state index is 13.6. The summed E-state index contributed by atoms with van der Waals surface area (Å²) in [6.07, 6.45) is -0.922. The zero-order chi connectivity index (χ0) is 22.2. The average Bonchev–Trinajstić information content (AvgIpc) is 3.27. The Kier molecular flexibility index (Phi) is 5.92. The lowest BCUT2D eigenvalue weighted by atomic mass is 9.79. The van der Waals surface area contributed by atoms with Gasteiger partial charge in [0.1, 0.15) is 4.90 Å². The summed E-state index contributed by atoms with van der Waals surface area (Å²) < 4.78 is 65.4. The highest BCUT2D eigenvalue weighted by Gasteiger charge is 2.40. The van der Waals surface area contributed by atoms with Gasteiger partial charge >= 0.3 is 6.18 Å². The van der Waals surface area contributed by atoms with Crippen molar-refractivity contribution in [2.75, 3.05) is 31.1 Å². The van der Waals surface area contributed by atoms with Gasteiger partial charge in [0, 0.05) is 18.8 Å². The number of tetrazole rings is 1. The number of rotatable bonds is 4. The predicted molar refractivity (Wildman–Crippen MR) is 107 cm³/mol. The molecular formula is C18H24F3N7O2S. The second kappa shape index (κ2) is 8.36. The van der Waals surface area contributed by atoms with E-state index in [0.29, 0.717) is 30.6 Å². The van der Waals surface area contributed by atoms with Gasteiger partial charge in [-0.25, -0.2) is 13.6 Å². The monoisotopic (exact) mass is 459 g/mol. The van der Waals surface area contributed by atoms with Crippen molar-refractivity contribution in [3.8, 4) is 11.4 Å². The molecule has 0 atom stereocenters. The molecule has 3 heterocycles. The molecule has 9 nitrogen and oxygen atoms in total. The number of sulfonamides is 1. The zero-order valence-electron chi connectivity index (χ0n) is 16.7. The minimum atomic E-state index is -4.92. The third-order valence-corrected chi connectivity index (χ3v) is 7.22. The second-order valence-electron chi connectivity index (χ2n) is 8.03. The standard InChI is InChI=1S/C18H24F3N7O2S/c19-18(20,21)13-1-2-14(15(16(13)31(22,29)30)17-24-26-27-25-17)28-9-5-12(6-10-28)11-3-7-23-8-4-11/h1-2,11-12,23H,3-10H2,(H2,22,29,30)(H,24,25,26,27). The Morgan fingerprint density at radius 2 is 1.71 bits per heavy atom. The molecule has 0 bridgehead atoms. The Morgan fingerprint density at radius 1 is 1.06 bits per heavy atom. The van der Waals surface area contributed by atoms with E-state index in [0.717, 1.165) is 44.8 Å². The molecule has 0 radical (unpaired) electrons. The first kappa shape index (κ1) is 22.0. The maximum Gasteiger partial charge on any atom is 0.417 e. The van der Waals surface area contributed by atoms with Crippen molar-refractivity contribution in [2.45, 2.75) is 36.8 Å². The number of alkyl halides is 3. The second-order valence-corrected chi connectivity index (χ2v) is 9.52. The summed E-state index contributed by atoms with van der Waals surface area (Å²) in [7, 11) is -4.74. The molecule has 2 aliphatic rings. The van der Waals surface area contributed by atoms with E-state index < -0.39 is 26.7 Å². The fourth-order valence-electron chi connectivity index (χ4n) is 4.77. The highest BCUT2D eigenvalue weighted by Crippen LogP contribution is 2.44. The van der Waals surface area contributed by atoms with Crippen LogP contribution in [0, 0.1) is 11.8 Å². The van der Waals surface area contributed by atoms with Crippen LogP contribution >= 0.6 is 0 Å². The van der Waals surface area contributed by atoms with Gasteiger partial charge in [-0.1, -0.05) is 0 Å². The Hall–Kier alpha value is -2.25. The van der Waals surface area contributed by atoms with Crippen molar-refractivity contribution in [3.63, 3.8) is 0 Å². The average molecular weight is 459 g/mol. The van der Waals surface area contributed by atoms with Crippen LogP contribution in [-0.4, -0.2) is 55.2 Å². The molecule has 0 spiro atoms. The van der Waals surface area contributed by atoms with Gasteiger partial charge in [0.15, 0.2) is 0 Å². The number of halogens is 3. The largest absolute Gasteiger partial charge is 0.417 e. The first-order valence-corrected chi connectivity index (χ1v) is 11.7. The first-order valence-electron chi connectivity index (χ1n) is 10.1. The van der Waals surface area contributed by atoms with E-state index in [1.165, 1.54) is 6.07 Å². The summed E-state index contributed by atoms with van der Waals surface area (Å²) in [5, 5.41) is 21.7. The molecule has 170 valence electrons. The van der Waals surface area contributed by atoms with E-state index in [-0.39, 0.29) is 11.4 Å². The molecule has 2 saturated heterocycles. The highest BCUT2D eigenvalue weighted by atomic mass is 32.2. The third-order valence-electron chi connectivity index (χ3n) is 6.23. The lowest BCUT2D eigenvalue weighted by molar-refractivity contribution is -0.139. The van der Waals surface area contributed by atoms with Gasteiger partial charge in [-0.15, -0.1) is 10.2 Å². The van der Waals surface area contributed by atoms with Crippen LogP contribution in [0.25, 0.3) is 11.4 Å². The van der Waals surface area contributed by atoms with Crippen LogP contribution in [-0.2, 0) is 16.2 Å². The highest BCUT2D eigenvalue weighted by molar-refractivity contribution is 7.89. The smallest absolute Gasteiger partial charge is 0.371 e. The van der Waals surface area contributed by atoms with E-state index in [9.17, 15) is 21.6 Å². The molecule has 1 aromatic heterocycles. The van der Waals surface area contributed by atoms with Crippen molar-refractivity contribution in [3.05, 3.63) is 17.7 Å². The quantitative estimate of drug-likeness (QED) is 0.635. The summed E-state index contributed by atoms with van der Waals surface area (Å²) in [4.78, 5) is 0.859. The van der Waals surface area contributed by atoms with Crippen molar-refractivity contribution < 1.29 is 21.6 Å². The van der Waals surface area contributed by atoms with E-state index >= 15 is 0 Å². The summed E-state index contributed by atoms with van der Waals surface area (Å²) >= 11 is 0. The van der Waals surface area contributed by atoms with Gasteiger partial charge in [-0.3, -0.25) is 0 Å². The molecule has 0 unspecified atom stereocenters. The molecule has 0 saturated carbocycles. The molecule has 13 heteroatoms. The zero-order valence-corrected chi connectivity index (χ0v) is 17.5. The van der Waals surface area contributed by atoms with Crippen molar-refractivity contribution >= 4 is 15.7 Å². The number of aromatic amines is 1. The van der Waals surface area contributed by atoms with Crippen molar-refractivity contribution in [1.29, 1.82) is 0 Å². The minimum Gasteiger partial charge on any atom is -0.371 e. The van der Waals surface area contributed by atoms with Gasteiger partial charge in [-0.05, 0) is 68.0 Å². The van der Waals surface area contributed by atoms with Crippen LogP contribution < -0.4 is 15.4 Å². The topological polar surface area (TPSA) is 130 Å². The third kappa shape index (κ3) is 4.53. The molecule has 0 aliphatic carbocycles. The number of primary sulfonamides is 1. The fraction of sp³-hybridized carbons (Fsp3) is 0.611. The van der Waals surface area contributed by atoms with E-state index in [1.807, 2.05) is 4.90 Å². The van der Waals surface area contributed by atoms with E-state index in [2.05, 4.69) is 25.9 Å². The number of nitrogens with two attached hydrogens (primary N) is 1. The number of piperidine rings is 2. The van der Waals surface area contributed by atoms with Gasteiger partial charge in [0.05, 0.1) is 11.1 Å². The summed E-state index contributed by atoms with van der Waals surface area (Å²) in [6.45, 7) is 3.19. The Morgan fingerprint density at radius 3 is 2.26 bits per heavy atom. The molecular weight excluding hydrogens is 435 g/mol. The van der Waals surface area contributed by atoms with E-state index in [4.69, 9.17) is 5.14 Å². The van der Waals surface area contributed by atoms with Gasteiger partial charge < -0.3 is 10.2 Å². The van der Waals surface area contributed by atoms with Crippen LogP contribution in [0.15, 0.2) is 17.0 Å². The summed E-state index contributed by atoms with van der Waals surface area (Å²) in [6, 6.07) is 2.03. The molecule has 2 aliphatic heterocycles. The Bertz CT molecular complexity index is 1010. The number of benzene rings is 1. The SMILES string of the molecule is NS(=O)(=O)c1c(C(F)(F)F)ccc(N2CCC(C3CCNCC3)CC2)c1-c1nn[nH]n1. The summed E-state index contributed by atoms with van der Waals surface area (Å²) in [5.41, 5.74) is -1.31.